The standard InChI is InChI=1S/C17H21N3O4/c1-11(2)24-10-6-4-8-13(21)14-15(22)17(23)20-16(19-14)12-7-3-5-9-18-12/h3,5,7,9,11,22H,4,6,8,10H2,1-2H3,(H,19,20,23). The summed E-state index contributed by atoms with van der Waals surface area (Å²) in [6, 6.07) is 5.13. The maximum absolute atomic E-state index is 12.3. The second kappa shape index (κ2) is 8.35. The fourth-order valence-corrected chi connectivity index (χ4v) is 2.11. The van der Waals surface area contributed by atoms with Crippen molar-refractivity contribution < 1.29 is 14.6 Å². The summed E-state index contributed by atoms with van der Waals surface area (Å²) in [5, 5.41) is 9.84. The molecule has 2 rings (SSSR count). The minimum absolute atomic E-state index is 0.153. The number of Topliss-reactive ketones (excluding diaryl/α,β-unsaturated/α-hetero) is 1. The second-order valence-corrected chi connectivity index (χ2v) is 5.63. The third-order valence-corrected chi connectivity index (χ3v) is 3.32. The Labute approximate surface area is 139 Å². The van der Waals surface area contributed by atoms with Crippen LogP contribution in [0.4, 0.5) is 0 Å². The number of ether oxygens (including phenoxy) is 1. The maximum Gasteiger partial charge on any atom is 0.294 e. The van der Waals surface area contributed by atoms with Gasteiger partial charge >= 0.3 is 0 Å². The molecule has 0 atom stereocenters. The van der Waals surface area contributed by atoms with Gasteiger partial charge in [-0.15, -0.1) is 0 Å². The van der Waals surface area contributed by atoms with Crippen molar-refractivity contribution in [2.75, 3.05) is 6.61 Å². The minimum atomic E-state index is -0.753. The van der Waals surface area contributed by atoms with Crippen molar-refractivity contribution in [1.82, 2.24) is 15.0 Å². The zero-order valence-corrected chi connectivity index (χ0v) is 13.8. The van der Waals surface area contributed by atoms with Crippen LogP contribution < -0.4 is 5.56 Å². The zero-order valence-electron chi connectivity index (χ0n) is 13.8. The topological polar surface area (TPSA) is 105 Å². The number of carbonyl (C=O) groups is 1. The summed E-state index contributed by atoms with van der Waals surface area (Å²) in [6.45, 7) is 4.46. The number of aromatic amines is 1. The van der Waals surface area contributed by atoms with Crippen LogP contribution in [0.2, 0.25) is 0 Å². The molecule has 0 saturated carbocycles. The highest BCUT2D eigenvalue weighted by molar-refractivity contribution is 5.96. The summed E-state index contributed by atoms with van der Waals surface area (Å²) in [6.07, 6.45) is 3.21. The number of aromatic hydroxyl groups is 1. The van der Waals surface area contributed by atoms with Crippen molar-refractivity contribution >= 4 is 5.78 Å². The molecule has 7 nitrogen and oxygen atoms in total. The molecule has 128 valence electrons. The molecule has 0 spiro atoms. The molecule has 0 aliphatic carbocycles. The molecular weight excluding hydrogens is 310 g/mol. The molecule has 0 aromatic carbocycles. The number of nitrogens with one attached hydrogen (secondary N) is 1. The van der Waals surface area contributed by atoms with E-state index in [2.05, 4.69) is 15.0 Å². The van der Waals surface area contributed by atoms with Crippen molar-refractivity contribution in [2.45, 2.75) is 39.2 Å². The van der Waals surface area contributed by atoms with Gasteiger partial charge in [-0.05, 0) is 38.8 Å². The quantitative estimate of drug-likeness (QED) is 0.568. The van der Waals surface area contributed by atoms with Gasteiger partial charge in [0, 0.05) is 19.2 Å². The van der Waals surface area contributed by atoms with Crippen LogP contribution in [0.3, 0.4) is 0 Å². The van der Waals surface area contributed by atoms with E-state index in [0.717, 1.165) is 6.42 Å². The fraction of sp³-hybridized carbons (Fsp3) is 0.412. The summed E-state index contributed by atoms with van der Waals surface area (Å²) in [7, 11) is 0. The van der Waals surface area contributed by atoms with Crippen LogP contribution in [0.15, 0.2) is 29.2 Å². The van der Waals surface area contributed by atoms with Crippen LogP contribution in [0.1, 0.15) is 43.6 Å². The smallest absolute Gasteiger partial charge is 0.294 e. The van der Waals surface area contributed by atoms with Gasteiger partial charge in [0.05, 0.1) is 6.10 Å². The lowest BCUT2D eigenvalue weighted by molar-refractivity contribution is 0.0747. The number of aromatic nitrogens is 3. The third kappa shape index (κ3) is 4.73. The molecule has 7 heteroatoms. The summed E-state index contributed by atoms with van der Waals surface area (Å²) >= 11 is 0. The van der Waals surface area contributed by atoms with E-state index in [1.807, 2.05) is 13.8 Å². The molecule has 0 bridgehead atoms. The van der Waals surface area contributed by atoms with E-state index in [-0.39, 0.29) is 29.8 Å². The maximum atomic E-state index is 12.3. The summed E-state index contributed by atoms with van der Waals surface area (Å²) in [5.74, 6) is -0.872. The largest absolute Gasteiger partial charge is 0.501 e. The van der Waals surface area contributed by atoms with Crippen LogP contribution in [-0.4, -0.2) is 38.6 Å². The van der Waals surface area contributed by atoms with E-state index < -0.39 is 11.3 Å². The monoisotopic (exact) mass is 331 g/mol. The van der Waals surface area contributed by atoms with Crippen molar-refractivity contribution in [1.29, 1.82) is 0 Å². The number of pyridine rings is 1. The fourth-order valence-electron chi connectivity index (χ4n) is 2.11. The van der Waals surface area contributed by atoms with E-state index in [0.29, 0.717) is 18.7 Å². The molecule has 0 fully saturated rings. The van der Waals surface area contributed by atoms with Gasteiger partial charge in [0.15, 0.2) is 17.3 Å². The van der Waals surface area contributed by atoms with Crippen LogP contribution in [-0.2, 0) is 4.74 Å². The first-order valence-electron chi connectivity index (χ1n) is 7.88. The number of hydrogen-bond donors (Lipinski definition) is 2. The molecule has 0 saturated heterocycles. The van der Waals surface area contributed by atoms with Gasteiger partial charge in [0.1, 0.15) is 5.69 Å². The third-order valence-electron chi connectivity index (χ3n) is 3.32. The molecule has 2 N–H and O–H groups in total. The Balaban J connectivity index is 2.10. The Bertz CT molecular complexity index is 741. The Kier molecular flexibility index (Phi) is 6.20. The van der Waals surface area contributed by atoms with Crippen LogP contribution in [0, 0.1) is 0 Å². The Morgan fingerprint density at radius 2 is 2.12 bits per heavy atom. The van der Waals surface area contributed by atoms with Gasteiger partial charge < -0.3 is 14.8 Å². The van der Waals surface area contributed by atoms with Crippen molar-refractivity contribution in [3.63, 3.8) is 0 Å². The number of unbranched alkanes of at least 4 members (excludes halogenated alkanes) is 1. The molecule has 2 heterocycles. The highest BCUT2D eigenvalue weighted by Gasteiger charge is 2.18. The van der Waals surface area contributed by atoms with E-state index in [4.69, 9.17) is 4.74 Å². The van der Waals surface area contributed by atoms with Crippen molar-refractivity contribution in [2.24, 2.45) is 0 Å². The lowest BCUT2D eigenvalue weighted by Crippen LogP contribution is -2.16. The first kappa shape index (κ1) is 17.8. The summed E-state index contributed by atoms with van der Waals surface area (Å²) in [4.78, 5) is 34.7. The van der Waals surface area contributed by atoms with Crippen molar-refractivity contribution in [3.8, 4) is 17.3 Å². The number of nitrogens with zero attached hydrogens (tertiary/aromatic N) is 2. The molecule has 24 heavy (non-hydrogen) atoms. The van der Waals surface area contributed by atoms with Gasteiger partial charge in [-0.1, -0.05) is 6.07 Å². The minimum Gasteiger partial charge on any atom is -0.501 e. The predicted octanol–water partition coefficient (Wildman–Crippen LogP) is 2.32. The summed E-state index contributed by atoms with van der Waals surface area (Å²) in [5.41, 5.74) is -0.546. The molecule has 2 aromatic heterocycles. The molecule has 0 radical (unpaired) electrons. The highest BCUT2D eigenvalue weighted by atomic mass is 16.5. The molecule has 0 aliphatic heterocycles. The molecular formula is C17H21N3O4. The highest BCUT2D eigenvalue weighted by Crippen LogP contribution is 2.17. The molecule has 2 aromatic rings. The molecule has 0 amide bonds. The Morgan fingerprint density at radius 1 is 1.33 bits per heavy atom. The zero-order chi connectivity index (χ0) is 17.5. The summed E-state index contributed by atoms with van der Waals surface area (Å²) < 4.78 is 5.41. The van der Waals surface area contributed by atoms with Gasteiger partial charge in [-0.25, -0.2) is 4.98 Å². The average Bonchev–Trinajstić information content (AvgIpc) is 2.57. The van der Waals surface area contributed by atoms with E-state index >= 15 is 0 Å². The average molecular weight is 331 g/mol. The first-order chi connectivity index (χ1) is 11.5. The van der Waals surface area contributed by atoms with Crippen molar-refractivity contribution in [3.05, 3.63) is 40.4 Å². The second-order valence-electron chi connectivity index (χ2n) is 5.63. The number of H-pyrrole nitrogens is 1. The molecule has 0 unspecified atom stereocenters. The van der Waals surface area contributed by atoms with Gasteiger partial charge in [0.25, 0.3) is 5.56 Å². The lowest BCUT2D eigenvalue weighted by Gasteiger charge is -2.07. The van der Waals surface area contributed by atoms with E-state index in [1.165, 1.54) is 0 Å². The van der Waals surface area contributed by atoms with Crippen LogP contribution in [0.5, 0.6) is 5.75 Å². The normalized spacial score (nSPS) is 11.0. The molecule has 0 aliphatic rings. The lowest BCUT2D eigenvalue weighted by atomic mass is 10.1. The SMILES string of the molecule is CC(C)OCCCCC(=O)c1nc(-c2ccccn2)[nH]c(=O)c1O. The van der Waals surface area contributed by atoms with E-state index in [1.54, 1.807) is 24.4 Å². The Morgan fingerprint density at radius 3 is 2.79 bits per heavy atom. The Hall–Kier alpha value is -2.54. The van der Waals surface area contributed by atoms with Crippen LogP contribution >= 0.6 is 0 Å². The number of rotatable bonds is 8. The number of hydrogen-bond acceptors (Lipinski definition) is 6. The number of ketones is 1. The number of carbonyl (C=O) groups excluding carboxylic acids is 1. The van der Waals surface area contributed by atoms with Gasteiger partial charge in [-0.3, -0.25) is 14.6 Å². The predicted molar refractivity (Wildman–Crippen MR) is 89.0 cm³/mol. The van der Waals surface area contributed by atoms with Gasteiger partial charge in [0.2, 0.25) is 5.75 Å². The van der Waals surface area contributed by atoms with Crippen LogP contribution in [0.25, 0.3) is 11.5 Å². The van der Waals surface area contributed by atoms with E-state index in [9.17, 15) is 14.7 Å². The first-order valence-corrected chi connectivity index (χ1v) is 7.88. The van der Waals surface area contributed by atoms with Gasteiger partial charge in [-0.2, -0.15) is 0 Å².